The molecule has 0 radical (unpaired) electrons. The van der Waals surface area contributed by atoms with Crippen LogP contribution in [0.3, 0.4) is 0 Å². The number of carbonyl (C=O) groups excluding carboxylic acids is 1. The molecule has 3 N–H and O–H groups in total. The van der Waals surface area contributed by atoms with E-state index >= 15 is 0 Å². The van der Waals surface area contributed by atoms with E-state index in [1.54, 1.807) is 0 Å². The fourth-order valence-corrected chi connectivity index (χ4v) is 3.03. The molecule has 1 aliphatic rings. The van der Waals surface area contributed by atoms with Crippen molar-refractivity contribution in [3.8, 4) is 0 Å². The monoisotopic (exact) mass is 274 g/mol. The molecule has 1 atom stereocenters. The Morgan fingerprint density at radius 1 is 1.40 bits per heavy atom. The number of hydrogen-bond donors (Lipinski definition) is 2. The summed E-state index contributed by atoms with van der Waals surface area (Å²) < 4.78 is 0. The Morgan fingerprint density at radius 2 is 2.20 bits per heavy atom. The number of nitrogens with one attached hydrogen (secondary N) is 1. The van der Waals surface area contributed by atoms with Crippen molar-refractivity contribution in [3.63, 3.8) is 0 Å². The molecule has 1 fully saturated rings. The summed E-state index contributed by atoms with van der Waals surface area (Å²) in [7, 11) is 0. The van der Waals surface area contributed by atoms with Gasteiger partial charge in [0.25, 0.3) is 0 Å². The highest BCUT2D eigenvalue weighted by atomic mass is 16.1. The van der Waals surface area contributed by atoms with Crippen LogP contribution in [0.1, 0.15) is 51.5 Å². The molecule has 1 amide bonds. The molecule has 1 saturated carbocycles. The lowest BCUT2D eigenvalue weighted by Gasteiger charge is -2.39. The number of aryl methyl sites for hydroxylation is 1. The van der Waals surface area contributed by atoms with Gasteiger partial charge in [-0.1, -0.05) is 38.8 Å². The topological polar surface area (TPSA) is 55.1 Å². The van der Waals surface area contributed by atoms with Gasteiger partial charge in [0.05, 0.1) is 0 Å². The smallest absolute Gasteiger partial charge is 0.220 e. The second kappa shape index (κ2) is 6.29. The van der Waals surface area contributed by atoms with Crippen molar-refractivity contribution in [2.45, 2.75) is 58.4 Å². The quantitative estimate of drug-likeness (QED) is 0.828. The van der Waals surface area contributed by atoms with E-state index in [0.29, 0.717) is 12.5 Å². The van der Waals surface area contributed by atoms with Gasteiger partial charge in [0.2, 0.25) is 5.91 Å². The molecule has 0 aliphatic heterocycles. The van der Waals surface area contributed by atoms with Gasteiger partial charge in [-0.05, 0) is 42.4 Å². The molecule has 20 heavy (non-hydrogen) atoms. The van der Waals surface area contributed by atoms with Crippen molar-refractivity contribution in [3.05, 3.63) is 29.8 Å². The van der Waals surface area contributed by atoms with Crippen LogP contribution in [0.4, 0.5) is 5.69 Å². The summed E-state index contributed by atoms with van der Waals surface area (Å²) in [6.07, 6.45) is 6.11. The Bertz CT molecular complexity index is 468. The first kappa shape index (κ1) is 14.9. The lowest BCUT2D eigenvalue weighted by atomic mass is 9.73. The largest absolute Gasteiger partial charge is 0.399 e. The van der Waals surface area contributed by atoms with Gasteiger partial charge >= 0.3 is 0 Å². The normalized spacial score (nSPS) is 21.4. The average Bonchev–Trinajstić information content (AvgIpc) is 2.39. The first-order chi connectivity index (χ1) is 9.47. The number of amides is 1. The Hall–Kier alpha value is -1.51. The molecule has 0 aromatic heterocycles. The van der Waals surface area contributed by atoms with E-state index < -0.39 is 0 Å². The van der Waals surface area contributed by atoms with Crippen LogP contribution in [0, 0.1) is 5.41 Å². The van der Waals surface area contributed by atoms with Gasteiger partial charge in [0, 0.05) is 18.2 Å². The van der Waals surface area contributed by atoms with Gasteiger partial charge < -0.3 is 11.1 Å². The molecule has 0 bridgehead atoms. The summed E-state index contributed by atoms with van der Waals surface area (Å²) >= 11 is 0. The van der Waals surface area contributed by atoms with Crippen molar-refractivity contribution >= 4 is 11.6 Å². The van der Waals surface area contributed by atoms with Crippen molar-refractivity contribution in [1.29, 1.82) is 0 Å². The maximum Gasteiger partial charge on any atom is 0.220 e. The molecule has 1 aromatic rings. The van der Waals surface area contributed by atoms with Crippen molar-refractivity contribution in [1.82, 2.24) is 5.32 Å². The molecular formula is C17H26N2O. The first-order valence-corrected chi connectivity index (χ1v) is 7.61. The lowest BCUT2D eigenvalue weighted by Crippen LogP contribution is -2.46. The van der Waals surface area contributed by atoms with Crippen molar-refractivity contribution in [2.75, 3.05) is 5.73 Å². The zero-order valence-corrected chi connectivity index (χ0v) is 12.6. The predicted molar refractivity (Wildman–Crippen MR) is 83.4 cm³/mol. The summed E-state index contributed by atoms with van der Waals surface area (Å²) in [6.45, 7) is 4.52. The van der Waals surface area contributed by atoms with Crippen LogP contribution in [-0.2, 0) is 11.2 Å². The third-order valence-electron chi connectivity index (χ3n) is 4.43. The number of rotatable bonds is 4. The Morgan fingerprint density at radius 3 is 2.90 bits per heavy atom. The Kier molecular flexibility index (Phi) is 4.69. The summed E-state index contributed by atoms with van der Waals surface area (Å²) in [5.74, 6) is 0.160. The van der Waals surface area contributed by atoms with Crippen LogP contribution in [0.25, 0.3) is 0 Å². The molecule has 0 heterocycles. The molecule has 1 unspecified atom stereocenters. The first-order valence-electron chi connectivity index (χ1n) is 7.61. The molecule has 3 nitrogen and oxygen atoms in total. The number of carbonyl (C=O) groups is 1. The van der Waals surface area contributed by atoms with Gasteiger partial charge in [0.15, 0.2) is 0 Å². The summed E-state index contributed by atoms with van der Waals surface area (Å²) in [5, 5.41) is 3.22. The molecule has 0 spiro atoms. The minimum atomic E-state index is 0.160. The van der Waals surface area contributed by atoms with Gasteiger partial charge in [-0.25, -0.2) is 0 Å². The average molecular weight is 274 g/mol. The van der Waals surface area contributed by atoms with Crippen LogP contribution >= 0.6 is 0 Å². The maximum absolute atomic E-state index is 12.1. The zero-order chi connectivity index (χ0) is 14.6. The van der Waals surface area contributed by atoms with E-state index in [1.165, 1.54) is 19.3 Å². The van der Waals surface area contributed by atoms with Gasteiger partial charge in [-0.15, -0.1) is 0 Å². The van der Waals surface area contributed by atoms with E-state index in [0.717, 1.165) is 24.1 Å². The summed E-state index contributed by atoms with van der Waals surface area (Å²) in [5.41, 5.74) is 7.86. The standard InChI is InChI=1S/C17H26N2O/c1-17(2)11-4-3-8-15(17)19-16(20)10-9-13-6-5-7-14(18)12-13/h5-7,12,15H,3-4,8-11,18H2,1-2H3,(H,19,20). The van der Waals surface area contributed by atoms with Crippen LogP contribution in [0.2, 0.25) is 0 Å². The minimum absolute atomic E-state index is 0.160. The van der Waals surface area contributed by atoms with Crippen molar-refractivity contribution in [2.24, 2.45) is 5.41 Å². The fraction of sp³-hybridized carbons (Fsp3) is 0.588. The SMILES string of the molecule is CC1(C)CCCCC1NC(=O)CCc1cccc(N)c1. The van der Waals surface area contributed by atoms with Crippen LogP contribution < -0.4 is 11.1 Å². The third-order valence-corrected chi connectivity index (χ3v) is 4.43. The summed E-state index contributed by atoms with van der Waals surface area (Å²) in [6, 6.07) is 8.09. The molecular weight excluding hydrogens is 248 g/mol. The van der Waals surface area contributed by atoms with Crippen LogP contribution in [-0.4, -0.2) is 11.9 Å². The molecule has 1 aromatic carbocycles. The number of hydrogen-bond acceptors (Lipinski definition) is 2. The molecule has 3 heteroatoms. The van der Waals surface area contributed by atoms with E-state index in [1.807, 2.05) is 24.3 Å². The molecule has 110 valence electrons. The molecule has 0 saturated heterocycles. The maximum atomic E-state index is 12.1. The zero-order valence-electron chi connectivity index (χ0n) is 12.6. The van der Waals surface area contributed by atoms with Crippen LogP contribution in [0.5, 0.6) is 0 Å². The second-order valence-corrected chi connectivity index (χ2v) is 6.60. The van der Waals surface area contributed by atoms with Crippen molar-refractivity contribution < 1.29 is 4.79 Å². The van der Waals surface area contributed by atoms with E-state index in [2.05, 4.69) is 19.2 Å². The number of nitrogen functional groups attached to an aromatic ring is 1. The fourth-order valence-electron chi connectivity index (χ4n) is 3.03. The molecule has 2 rings (SSSR count). The van der Waals surface area contributed by atoms with Gasteiger partial charge in [0.1, 0.15) is 0 Å². The van der Waals surface area contributed by atoms with Crippen LogP contribution in [0.15, 0.2) is 24.3 Å². The highest BCUT2D eigenvalue weighted by Gasteiger charge is 2.32. The summed E-state index contributed by atoms with van der Waals surface area (Å²) in [4.78, 5) is 12.1. The van der Waals surface area contributed by atoms with E-state index in [4.69, 9.17) is 5.73 Å². The minimum Gasteiger partial charge on any atom is -0.399 e. The third kappa shape index (κ3) is 3.99. The number of anilines is 1. The number of nitrogens with two attached hydrogens (primary N) is 1. The van der Waals surface area contributed by atoms with E-state index in [-0.39, 0.29) is 11.3 Å². The predicted octanol–water partition coefficient (Wildman–Crippen LogP) is 3.29. The van der Waals surface area contributed by atoms with Gasteiger partial charge in [-0.3, -0.25) is 4.79 Å². The molecule has 1 aliphatic carbocycles. The Balaban J connectivity index is 1.83. The lowest BCUT2D eigenvalue weighted by molar-refractivity contribution is -0.123. The van der Waals surface area contributed by atoms with Gasteiger partial charge in [-0.2, -0.15) is 0 Å². The Labute approximate surface area is 121 Å². The van der Waals surface area contributed by atoms with E-state index in [9.17, 15) is 4.79 Å². The second-order valence-electron chi connectivity index (χ2n) is 6.60. The highest BCUT2D eigenvalue weighted by Crippen LogP contribution is 2.35. The highest BCUT2D eigenvalue weighted by molar-refractivity contribution is 5.76. The number of benzene rings is 1.